The predicted octanol–water partition coefficient (Wildman–Crippen LogP) is 1.78. The van der Waals surface area contributed by atoms with Gasteiger partial charge in [0.25, 0.3) is 11.5 Å². The molecule has 1 aliphatic rings. The fourth-order valence-electron chi connectivity index (χ4n) is 2.52. The van der Waals surface area contributed by atoms with Gasteiger partial charge in [0.05, 0.1) is 4.88 Å². The molecule has 0 aromatic carbocycles. The number of aryl methyl sites for hydroxylation is 1. The third-order valence-corrected chi connectivity index (χ3v) is 4.86. The Bertz CT molecular complexity index is 939. The van der Waals surface area contributed by atoms with Gasteiger partial charge >= 0.3 is 0 Å². The van der Waals surface area contributed by atoms with E-state index in [0.29, 0.717) is 18.3 Å². The Morgan fingerprint density at radius 1 is 1.38 bits per heavy atom. The van der Waals surface area contributed by atoms with E-state index >= 15 is 0 Å². The number of aromatic amines is 1. The molecule has 3 aromatic heterocycles. The molecule has 3 aromatic rings. The lowest BCUT2D eigenvalue weighted by Gasteiger charge is -2.38. The number of H-pyrrole nitrogens is 1. The molecule has 1 atom stereocenters. The van der Waals surface area contributed by atoms with E-state index in [2.05, 4.69) is 20.3 Å². The zero-order valence-electron chi connectivity index (χ0n) is 12.7. The molecule has 0 unspecified atom stereocenters. The van der Waals surface area contributed by atoms with Crippen LogP contribution in [0.5, 0.6) is 0 Å². The first-order valence-corrected chi connectivity index (χ1v) is 8.20. The Kier molecular flexibility index (Phi) is 3.49. The molecule has 0 radical (unpaired) electrons. The summed E-state index contributed by atoms with van der Waals surface area (Å²) in [5.74, 6) is 0.680. The van der Waals surface area contributed by atoms with Crippen molar-refractivity contribution in [2.24, 2.45) is 0 Å². The van der Waals surface area contributed by atoms with Gasteiger partial charge in [-0.15, -0.1) is 11.3 Å². The third-order valence-electron chi connectivity index (χ3n) is 3.87. The second kappa shape index (κ2) is 5.68. The number of carbonyl (C=O) groups is 1. The fraction of sp³-hybridized carbons (Fsp3) is 0.267. The number of hydrogen-bond acceptors (Lipinski definition) is 7. The lowest BCUT2D eigenvalue weighted by molar-refractivity contribution is 0.0371. The third kappa shape index (κ3) is 2.52. The van der Waals surface area contributed by atoms with Crippen LogP contribution in [0.25, 0.3) is 10.7 Å². The Labute approximate surface area is 140 Å². The Morgan fingerprint density at radius 2 is 2.25 bits per heavy atom. The molecule has 4 rings (SSSR count). The molecule has 0 spiro atoms. The van der Waals surface area contributed by atoms with Gasteiger partial charge in [-0.25, -0.2) is 5.10 Å². The maximum absolute atomic E-state index is 12.5. The van der Waals surface area contributed by atoms with Crippen LogP contribution in [-0.2, 0) is 0 Å². The number of rotatable bonds is 3. The molecule has 0 saturated carbocycles. The van der Waals surface area contributed by atoms with Crippen molar-refractivity contribution in [2.45, 2.75) is 19.4 Å². The van der Waals surface area contributed by atoms with E-state index in [9.17, 15) is 9.59 Å². The normalized spacial score (nSPS) is 16.9. The minimum atomic E-state index is -0.348. The minimum Gasteiger partial charge on any atom is -0.337 e. The fourth-order valence-corrected chi connectivity index (χ4v) is 3.32. The van der Waals surface area contributed by atoms with Gasteiger partial charge < -0.3 is 9.42 Å². The number of nitrogens with one attached hydrogen (secondary N) is 1. The van der Waals surface area contributed by atoms with Crippen LogP contribution in [0.3, 0.4) is 0 Å². The largest absolute Gasteiger partial charge is 0.337 e. The Morgan fingerprint density at radius 3 is 2.88 bits per heavy atom. The van der Waals surface area contributed by atoms with Crippen LogP contribution in [0.1, 0.15) is 33.7 Å². The molecule has 8 nitrogen and oxygen atoms in total. The van der Waals surface area contributed by atoms with E-state index in [0.717, 1.165) is 11.3 Å². The van der Waals surface area contributed by atoms with E-state index in [1.807, 2.05) is 19.1 Å². The molecule has 1 amide bonds. The number of amides is 1. The molecular weight excluding hydrogens is 330 g/mol. The summed E-state index contributed by atoms with van der Waals surface area (Å²) in [5.41, 5.74) is -0.160. The SMILES string of the molecule is Cc1ccc(-c2noc([C@H]3CCN3C(=O)c3ccc(=O)[nH]n3)n2)s1. The van der Waals surface area contributed by atoms with Crippen LogP contribution < -0.4 is 5.56 Å². The summed E-state index contributed by atoms with van der Waals surface area (Å²) in [4.78, 5) is 31.6. The topological polar surface area (TPSA) is 105 Å². The maximum Gasteiger partial charge on any atom is 0.274 e. The first kappa shape index (κ1) is 14.8. The first-order chi connectivity index (χ1) is 11.6. The van der Waals surface area contributed by atoms with Gasteiger partial charge in [0.2, 0.25) is 11.7 Å². The lowest BCUT2D eigenvalue weighted by Crippen LogP contribution is -2.45. The molecular formula is C15H13N5O3S. The average Bonchev–Trinajstić information content (AvgIpc) is 3.16. The molecule has 1 fully saturated rings. The molecule has 1 aliphatic heterocycles. The van der Waals surface area contributed by atoms with Crippen molar-refractivity contribution in [2.75, 3.05) is 6.54 Å². The summed E-state index contributed by atoms with van der Waals surface area (Å²) in [5, 5.41) is 10.0. The maximum atomic E-state index is 12.5. The van der Waals surface area contributed by atoms with Gasteiger partial charge in [-0.2, -0.15) is 10.1 Å². The van der Waals surface area contributed by atoms with Gasteiger partial charge in [0.15, 0.2) is 0 Å². The van der Waals surface area contributed by atoms with Crippen molar-refractivity contribution in [1.29, 1.82) is 0 Å². The highest BCUT2D eigenvalue weighted by atomic mass is 32.1. The summed E-state index contributed by atoms with van der Waals surface area (Å²) in [6.07, 6.45) is 0.750. The second-order valence-corrected chi connectivity index (χ2v) is 6.76. The summed E-state index contributed by atoms with van der Waals surface area (Å²) in [7, 11) is 0. The highest BCUT2D eigenvalue weighted by Gasteiger charge is 2.38. The Balaban J connectivity index is 1.55. The van der Waals surface area contributed by atoms with Gasteiger partial charge in [-0.05, 0) is 31.5 Å². The average molecular weight is 343 g/mol. The van der Waals surface area contributed by atoms with Crippen LogP contribution in [0.4, 0.5) is 0 Å². The number of aromatic nitrogens is 4. The molecule has 0 aliphatic carbocycles. The van der Waals surface area contributed by atoms with Crippen LogP contribution in [-0.4, -0.2) is 37.7 Å². The second-order valence-electron chi connectivity index (χ2n) is 5.48. The zero-order valence-corrected chi connectivity index (χ0v) is 13.5. The predicted molar refractivity (Wildman–Crippen MR) is 85.6 cm³/mol. The monoisotopic (exact) mass is 343 g/mol. The van der Waals surface area contributed by atoms with E-state index in [1.165, 1.54) is 17.0 Å². The van der Waals surface area contributed by atoms with Gasteiger partial charge in [0.1, 0.15) is 11.7 Å². The van der Waals surface area contributed by atoms with Crippen LogP contribution in [0.2, 0.25) is 0 Å². The van der Waals surface area contributed by atoms with E-state index in [4.69, 9.17) is 4.52 Å². The lowest BCUT2D eigenvalue weighted by atomic mass is 10.0. The van der Waals surface area contributed by atoms with Crippen molar-refractivity contribution in [3.8, 4) is 10.7 Å². The molecule has 122 valence electrons. The standard InChI is InChI=1S/C15H13N5O3S/c1-8-2-4-11(24-8)13-16-14(23-19-13)10-6-7-20(10)15(22)9-3-5-12(21)18-17-9/h2-5,10H,6-7H2,1H3,(H,18,21)/t10-/m1/s1. The smallest absolute Gasteiger partial charge is 0.274 e. The number of likely N-dealkylation sites (tertiary alicyclic amines) is 1. The van der Waals surface area contributed by atoms with Crippen LogP contribution in [0, 0.1) is 6.92 Å². The van der Waals surface area contributed by atoms with Crippen molar-refractivity contribution < 1.29 is 9.32 Å². The summed E-state index contributed by atoms with van der Waals surface area (Å²) >= 11 is 1.59. The van der Waals surface area contributed by atoms with E-state index < -0.39 is 0 Å². The zero-order chi connectivity index (χ0) is 16.7. The van der Waals surface area contributed by atoms with Gasteiger partial charge in [0, 0.05) is 17.5 Å². The number of thiophene rings is 1. The van der Waals surface area contributed by atoms with Crippen molar-refractivity contribution in [3.05, 3.63) is 51.1 Å². The Hall–Kier alpha value is -2.81. The molecule has 1 saturated heterocycles. The van der Waals surface area contributed by atoms with Crippen molar-refractivity contribution >= 4 is 17.2 Å². The number of nitrogens with zero attached hydrogens (tertiary/aromatic N) is 4. The van der Waals surface area contributed by atoms with E-state index in [-0.39, 0.29) is 23.2 Å². The van der Waals surface area contributed by atoms with Crippen molar-refractivity contribution in [1.82, 2.24) is 25.2 Å². The molecule has 1 N–H and O–H groups in total. The number of hydrogen-bond donors (Lipinski definition) is 1. The summed E-state index contributed by atoms with van der Waals surface area (Å²) in [6.45, 7) is 2.60. The first-order valence-electron chi connectivity index (χ1n) is 7.39. The van der Waals surface area contributed by atoms with Crippen LogP contribution in [0.15, 0.2) is 33.6 Å². The van der Waals surface area contributed by atoms with Crippen molar-refractivity contribution in [3.63, 3.8) is 0 Å². The summed E-state index contributed by atoms with van der Waals surface area (Å²) < 4.78 is 5.34. The number of carbonyl (C=O) groups excluding carboxylic acids is 1. The van der Waals surface area contributed by atoms with Gasteiger partial charge in [-0.3, -0.25) is 9.59 Å². The summed E-state index contributed by atoms with van der Waals surface area (Å²) in [6, 6.07) is 6.37. The highest BCUT2D eigenvalue weighted by Crippen LogP contribution is 2.35. The quantitative estimate of drug-likeness (QED) is 0.777. The highest BCUT2D eigenvalue weighted by molar-refractivity contribution is 7.15. The molecule has 4 heterocycles. The van der Waals surface area contributed by atoms with E-state index in [1.54, 1.807) is 16.2 Å². The van der Waals surface area contributed by atoms with Gasteiger partial charge in [-0.1, -0.05) is 5.16 Å². The molecule has 24 heavy (non-hydrogen) atoms. The molecule has 9 heteroatoms. The minimum absolute atomic E-state index is 0.188. The molecule has 0 bridgehead atoms. The van der Waals surface area contributed by atoms with Crippen LogP contribution >= 0.6 is 11.3 Å².